The normalized spacial score (nSPS) is 27.2. The number of carbonyl (C=O) groups is 1. The number of thiazole rings is 1. The fourth-order valence-corrected chi connectivity index (χ4v) is 9.65. The smallest absolute Gasteiger partial charge is 0.306 e. The number of nitrogens with zero attached hydrogens (tertiary/aromatic N) is 4. The first kappa shape index (κ1) is 32.4. The summed E-state index contributed by atoms with van der Waals surface area (Å²) in [6, 6.07) is 8.52. The van der Waals surface area contributed by atoms with Crippen molar-refractivity contribution < 1.29 is 14.3 Å². The number of piperidine rings is 1. The van der Waals surface area contributed by atoms with Crippen LogP contribution in [0, 0.1) is 24.6 Å². The summed E-state index contributed by atoms with van der Waals surface area (Å²) in [7, 11) is 0. The van der Waals surface area contributed by atoms with Crippen molar-refractivity contribution in [2.45, 2.75) is 127 Å². The lowest BCUT2D eigenvalue weighted by atomic mass is 9.78. The lowest BCUT2D eigenvalue weighted by Crippen LogP contribution is -2.43. The largest absolute Gasteiger partial charge is 0.481 e. The second-order valence-corrected chi connectivity index (χ2v) is 15.5. The van der Waals surface area contributed by atoms with E-state index in [1.807, 2.05) is 12.1 Å². The number of rotatable bonds is 11. The van der Waals surface area contributed by atoms with Crippen molar-refractivity contribution >= 4 is 29.1 Å². The number of fused-ring (bicyclic) bond motifs is 3. The molecule has 2 aromatic heterocycles. The summed E-state index contributed by atoms with van der Waals surface area (Å²) in [5.41, 5.74) is 4.29. The Bertz CT molecular complexity index is 1540. The third kappa shape index (κ3) is 7.19. The lowest BCUT2D eigenvalue weighted by Gasteiger charge is -2.37. The maximum absolute atomic E-state index is 14.3. The zero-order chi connectivity index (χ0) is 32.5. The third-order valence-electron chi connectivity index (χ3n) is 11.6. The summed E-state index contributed by atoms with van der Waals surface area (Å²) in [6.45, 7) is 5.16. The van der Waals surface area contributed by atoms with Gasteiger partial charge in [-0.05, 0) is 114 Å². The first-order chi connectivity index (χ1) is 22.8. The minimum atomic E-state index is -0.669. The molecule has 2 saturated heterocycles. The van der Waals surface area contributed by atoms with Crippen molar-refractivity contribution in [1.82, 2.24) is 19.9 Å². The van der Waals surface area contributed by atoms with Crippen molar-refractivity contribution in [3.8, 4) is 0 Å². The number of hydrogen-bond acceptors (Lipinski definition) is 8. The highest BCUT2D eigenvalue weighted by Crippen LogP contribution is 2.40. The van der Waals surface area contributed by atoms with Gasteiger partial charge in [-0.3, -0.25) is 9.69 Å². The molecule has 3 aromatic rings. The molecule has 4 aliphatic rings. The molecule has 252 valence electrons. The minimum Gasteiger partial charge on any atom is -0.481 e. The Morgan fingerprint density at radius 1 is 1.04 bits per heavy atom. The number of nitrogens with one attached hydrogen (secondary N) is 2. The van der Waals surface area contributed by atoms with Gasteiger partial charge >= 0.3 is 5.97 Å². The molecule has 47 heavy (non-hydrogen) atoms. The van der Waals surface area contributed by atoms with Gasteiger partial charge in [0.1, 0.15) is 11.6 Å². The molecule has 4 heterocycles. The van der Waals surface area contributed by atoms with Crippen molar-refractivity contribution in [2.24, 2.45) is 11.8 Å². The molecule has 1 aromatic carbocycles. The Hall–Kier alpha value is -3.11. The number of anilines is 2. The molecule has 0 unspecified atom stereocenters. The zero-order valence-corrected chi connectivity index (χ0v) is 28.6. The summed E-state index contributed by atoms with van der Waals surface area (Å²) in [5.74, 6) is 1.01. The first-order valence-electron chi connectivity index (χ1n) is 17.9. The molecule has 0 radical (unpaired) electrons. The van der Waals surface area contributed by atoms with Gasteiger partial charge < -0.3 is 15.7 Å². The Balaban J connectivity index is 1.20. The topological polar surface area (TPSA) is 103 Å². The van der Waals surface area contributed by atoms with E-state index in [1.165, 1.54) is 38.2 Å². The number of hydrogen-bond donors (Lipinski definition) is 3. The quantitative estimate of drug-likeness (QED) is 0.191. The molecule has 2 aliphatic heterocycles. The number of aliphatic carboxylic acids is 1. The predicted molar refractivity (Wildman–Crippen MR) is 185 cm³/mol. The molecule has 5 atom stereocenters. The van der Waals surface area contributed by atoms with Crippen LogP contribution in [-0.2, 0) is 17.6 Å². The summed E-state index contributed by atoms with van der Waals surface area (Å²) in [4.78, 5) is 29.7. The maximum Gasteiger partial charge on any atom is 0.306 e. The number of aromatic nitrogens is 3. The van der Waals surface area contributed by atoms with Crippen LogP contribution in [0.15, 0.2) is 29.6 Å². The standard InChI is InChI=1S/C37H49FN6O2S/c1-3-31(23-10-12-24(13-11-23)36(45)46)41-37-42-32-17-14-26(25-6-4-7-27(38)18-25)19-30(32)35(43-37)40-33(34-21-47-22(2)39-34)20-44-28-8-5-9-29(44)16-15-28/h4,6-7,18,21,23-24,26,28-29,31,33H,3,5,8-17,19-20H2,1-2H3,(H,45,46)(H2,40,41,42,43)/t23?,24?,26-,28+,29+,31-,33+/m1/s1. The monoisotopic (exact) mass is 660 g/mol. The van der Waals surface area contributed by atoms with Gasteiger partial charge in [0, 0.05) is 35.6 Å². The van der Waals surface area contributed by atoms with Gasteiger partial charge in [-0.2, -0.15) is 4.98 Å². The number of carboxylic acids is 1. The Morgan fingerprint density at radius 2 is 1.83 bits per heavy atom. The molecule has 10 heteroatoms. The molecule has 1 saturated carbocycles. The van der Waals surface area contributed by atoms with E-state index in [1.54, 1.807) is 17.4 Å². The van der Waals surface area contributed by atoms with Crippen molar-refractivity contribution in [3.63, 3.8) is 0 Å². The molecule has 7 rings (SSSR count). The zero-order valence-electron chi connectivity index (χ0n) is 27.8. The maximum atomic E-state index is 14.3. The van der Waals surface area contributed by atoms with Crippen LogP contribution < -0.4 is 10.6 Å². The van der Waals surface area contributed by atoms with Gasteiger partial charge in [-0.1, -0.05) is 25.5 Å². The van der Waals surface area contributed by atoms with Crippen LogP contribution in [0.25, 0.3) is 0 Å². The molecule has 3 fully saturated rings. The lowest BCUT2D eigenvalue weighted by molar-refractivity contribution is -0.143. The SMILES string of the molecule is CC[C@@H](Nc1nc2c(c(N[C@@H](CN3[C@H]4CCC[C@H]3CC4)c3csc(C)n3)n1)C[C@H](c1cccc(F)c1)CC2)C1CCC(C(=O)O)CC1. The predicted octanol–water partition coefficient (Wildman–Crippen LogP) is 7.90. The van der Waals surface area contributed by atoms with E-state index >= 15 is 0 Å². The van der Waals surface area contributed by atoms with E-state index in [2.05, 4.69) is 34.8 Å². The van der Waals surface area contributed by atoms with E-state index in [-0.39, 0.29) is 29.7 Å². The van der Waals surface area contributed by atoms with Gasteiger partial charge in [0.05, 0.1) is 28.4 Å². The van der Waals surface area contributed by atoms with Crippen LogP contribution in [0.1, 0.15) is 117 Å². The summed E-state index contributed by atoms with van der Waals surface area (Å²) < 4.78 is 14.3. The van der Waals surface area contributed by atoms with E-state index < -0.39 is 5.97 Å². The van der Waals surface area contributed by atoms with E-state index in [0.717, 1.165) is 91.3 Å². The van der Waals surface area contributed by atoms with Gasteiger partial charge in [0.2, 0.25) is 5.95 Å². The first-order valence-corrected chi connectivity index (χ1v) is 18.8. The average Bonchev–Trinajstić information content (AvgIpc) is 3.59. The van der Waals surface area contributed by atoms with Crippen molar-refractivity contribution in [1.29, 1.82) is 0 Å². The van der Waals surface area contributed by atoms with Gasteiger partial charge in [0.15, 0.2) is 0 Å². The summed E-state index contributed by atoms with van der Waals surface area (Å²) in [5, 5.41) is 20.4. The highest BCUT2D eigenvalue weighted by molar-refractivity contribution is 7.09. The number of aryl methyl sites for hydroxylation is 2. The average molecular weight is 661 g/mol. The van der Waals surface area contributed by atoms with Gasteiger partial charge in [0.25, 0.3) is 0 Å². The molecule has 2 aliphatic carbocycles. The minimum absolute atomic E-state index is 0.00388. The Kier molecular flexibility index (Phi) is 9.78. The third-order valence-corrected chi connectivity index (χ3v) is 12.4. The van der Waals surface area contributed by atoms with Crippen LogP contribution in [0.3, 0.4) is 0 Å². The Morgan fingerprint density at radius 3 is 2.51 bits per heavy atom. The van der Waals surface area contributed by atoms with Gasteiger partial charge in [-0.15, -0.1) is 11.3 Å². The summed E-state index contributed by atoms with van der Waals surface area (Å²) >= 11 is 1.70. The molecular formula is C37H49FN6O2S. The van der Waals surface area contributed by atoms with Crippen molar-refractivity contribution in [2.75, 3.05) is 17.2 Å². The number of benzene rings is 1. The second-order valence-electron chi connectivity index (χ2n) is 14.4. The van der Waals surface area contributed by atoms with Crippen molar-refractivity contribution in [3.05, 3.63) is 63.0 Å². The molecule has 0 spiro atoms. The number of carboxylic acid groups (broad SMARTS) is 1. The molecular weight excluding hydrogens is 612 g/mol. The summed E-state index contributed by atoms with van der Waals surface area (Å²) in [6.07, 6.45) is 13.1. The Labute approximate surface area is 282 Å². The van der Waals surface area contributed by atoms with Crippen LogP contribution in [0.5, 0.6) is 0 Å². The highest BCUT2D eigenvalue weighted by Gasteiger charge is 2.39. The fourth-order valence-electron chi connectivity index (χ4n) is 8.98. The number of halogens is 1. The van der Waals surface area contributed by atoms with Crippen LogP contribution in [0.4, 0.5) is 16.2 Å². The van der Waals surface area contributed by atoms with Crippen LogP contribution >= 0.6 is 11.3 Å². The molecule has 8 nitrogen and oxygen atoms in total. The second kappa shape index (κ2) is 14.2. The van der Waals surface area contributed by atoms with E-state index in [4.69, 9.17) is 15.0 Å². The van der Waals surface area contributed by atoms with E-state index in [9.17, 15) is 14.3 Å². The highest BCUT2D eigenvalue weighted by atomic mass is 32.1. The van der Waals surface area contributed by atoms with Crippen LogP contribution in [0.2, 0.25) is 0 Å². The van der Waals surface area contributed by atoms with Crippen LogP contribution in [-0.4, -0.2) is 55.6 Å². The molecule has 2 bridgehead atoms. The molecule has 3 N–H and O–H groups in total. The van der Waals surface area contributed by atoms with Gasteiger partial charge in [-0.25, -0.2) is 14.4 Å². The van der Waals surface area contributed by atoms with E-state index in [0.29, 0.717) is 23.9 Å². The molecule has 0 amide bonds. The fraction of sp³-hybridized carbons (Fsp3) is 0.622.